The molecule has 29 heavy (non-hydrogen) atoms. The SMILES string of the molecule is COc1ccc(CCNCc2ccccc2OCc2ccc(Cl)cc2)cc1OC. The number of hydrogen-bond acceptors (Lipinski definition) is 4. The van der Waals surface area contributed by atoms with Gasteiger partial charge in [-0.05, 0) is 54.4 Å². The molecule has 3 aromatic carbocycles. The Morgan fingerprint density at radius 1 is 0.793 bits per heavy atom. The van der Waals surface area contributed by atoms with Crippen LogP contribution < -0.4 is 19.5 Å². The number of halogens is 1. The van der Waals surface area contributed by atoms with E-state index >= 15 is 0 Å². The molecule has 0 saturated heterocycles. The van der Waals surface area contributed by atoms with E-state index in [0.29, 0.717) is 6.61 Å². The predicted molar refractivity (Wildman–Crippen MR) is 117 cm³/mol. The van der Waals surface area contributed by atoms with Crippen LogP contribution in [0.1, 0.15) is 16.7 Å². The molecular formula is C24H26ClNO3. The molecule has 3 rings (SSSR count). The molecule has 0 aliphatic heterocycles. The van der Waals surface area contributed by atoms with Crippen LogP contribution in [0, 0.1) is 0 Å². The van der Waals surface area contributed by atoms with Crippen LogP contribution in [0.5, 0.6) is 17.2 Å². The molecule has 0 saturated carbocycles. The summed E-state index contributed by atoms with van der Waals surface area (Å²) in [4.78, 5) is 0. The minimum absolute atomic E-state index is 0.514. The summed E-state index contributed by atoms with van der Waals surface area (Å²) in [5.41, 5.74) is 3.42. The molecule has 0 aliphatic carbocycles. The minimum Gasteiger partial charge on any atom is -0.493 e. The molecule has 152 valence electrons. The zero-order valence-electron chi connectivity index (χ0n) is 16.8. The number of methoxy groups -OCH3 is 2. The molecule has 3 aromatic rings. The summed E-state index contributed by atoms with van der Waals surface area (Å²) < 4.78 is 16.7. The molecule has 0 radical (unpaired) electrons. The average Bonchev–Trinajstić information content (AvgIpc) is 2.76. The monoisotopic (exact) mass is 411 g/mol. The van der Waals surface area contributed by atoms with E-state index in [1.165, 1.54) is 5.56 Å². The predicted octanol–water partition coefficient (Wildman–Crippen LogP) is 5.27. The number of rotatable bonds is 10. The Labute approximate surface area is 177 Å². The number of nitrogens with one attached hydrogen (secondary N) is 1. The highest BCUT2D eigenvalue weighted by Crippen LogP contribution is 2.27. The summed E-state index contributed by atoms with van der Waals surface area (Å²) in [6, 6.07) is 21.8. The van der Waals surface area contributed by atoms with Gasteiger partial charge in [0.05, 0.1) is 14.2 Å². The Morgan fingerprint density at radius 3 is 2.28 bits per heavy atom. The Kier molecular flexibility index (Phi) is 7.79. The normalized spacial score (nSPS) is 10.6. The fourth-order valence-electron chi connectivity index (χ4n) is 3.02. The molecule has 5 heteroatoms. The quantitative estimate of drug-likeness (QED) is 0.461. The van der Waals surface area contributed by atoms with Gasteiger partial charge in [-0.3, -0.25) is 0 Å². The molecule has 0 spiro atoms. The Hall–Kier alpha value is -2.69. The van der Waals surface area contributed by atoms with Crippen LogP contribution in [-0.4, -0.2) is 20.8 Å². The first-order valence-corrected chi connectivity index (χ1v) is 9.94. The van der Waals surface area contributed by atoms with Crippen molar-refractivity contribution < 1.29 is 14.2 Å². The summed E-state index contributed by atoms with van der Waals surface area (Å²) in [5.74, 6) is 2.39. The molecule has 0 fully saturated rings. The fraction of sp³-hybridized carbons (Fsp3) is 0.250. The maximum absolute atomic E-state index is 6.02. The molecule has 0 bridgehead atoms. The first-order valence-electron chi connectivity index (χ1n) is 9.56. The second-order valence-corrected chi connectivity index (χ2v) is 7.08. The fourth-order valence-corrected chi connectivity index (χ4v) is 3.15. The molecule has 0 heterocycles. The van der Waals surface area contributed by atoms with Crippen molar-refractivity contribution in [2.24, 2.45) is 0 Å². The first kappa shape index (κ1) is 21.0. The second-order valence-electron chi connectivity index (χ2n) is 6.64. The number of ether oxygens (including phenoxy) is 3. The van der Waals surface area contributed by atoms with Gasteiger partial charge in [-0.15, -0.1) is 0 Å². The molecule has 0 aliphatic rings. The Bertz CT molecular complexity index is 912. The van der Waals surface area contributed by atoms with E-state index in [4.69, 9.17) is 25.8 Å². The van der Waals surface area contributed by atoms with Gasteiger partial charge in [0.25, 0.3) is 0 Å². The van der Waals surface area contributed by atoms with Crippen molar-refractivity contribution in [3.05, 3.63) is 88.4 Å². The van der Waals surface area contributed by atoms with Gasteiger partial charge in [0.1, 0.15) is 12.4 Å². The van der Waals surface area contributed by atoms with E-state index in [2.05, 4.69) is 17.4 Å². The molecule has 0 amide bonds. The third kappa shape index (κ3) is 6.14. The van der Waals surface area contributed by atoms with Gasteiger partial charge in [-0.2, -0.15) is 0 Å². The van der Waals surface area contributed by atoms with Gasteiger partial charge < -0.3 is 19.5 Å². The summed E-state index contributed by atoms with van der Waals surface area (Å²) in [7, 11) is 3.30. The van der Waals surface area contributed by atoms with Crippen molar-refractivity contribution in [2.45, 2.75) is 19.6 Å². The van der Waals surface area contributed by atoms with Crippen molar-refractivity contribution >= 4 is 11.6 Å². The third-order valence-corrected chi connectivity index (χ3v) is 4.89. The Morgan fingerprint density at radius 2 is 1.52 bits per heavy atom. The van der Waals surface area contributed by atoms with Gasteiger partial charge in [-0.25, -0.2) is 0 Å². The second kappa shape index (κ2) is 10.7. The van der Waals surface area contributed by atoms with E-state index in [1.54, 1.807) is 14.2 Å². The van der Waals surface area contributed by atoms with Crippen LogP contribution in [0.4, 0.5) is 0 Å². The van der Waals surface area contributed by atoms with Gasteiger partial charge >= 0.3 is 0 Å². The maximum Gasteiger partial charge on any atom is 0.160 e. The molecule has 4 nitrogen and oxygen atoms in total. The van der Waals surface area contributed by atoms with Gasteiger partial charge in [0, 0.05) is 17.1 Å². The van der Waals surface area contributed by atoms with Crippen LogP contribution in [0.25, 0.3) is 0 Å². The van der Waals surface area contributed by atoms with Gasteiger partial charge in [0.2, 0.25) is 0 Å². The molecular weight excluding hydrogens is 386 g/mol. The lowest BCUT2D eigenvalue weighted by atomic mass is 10.1. The summed E-state index contributed by atoms with van der Waals surface area (Å²) in [6.45, 7) is 2.10. The third-order valence-electron chi connectivity index (χ3n) is 4.63. The highest BCUT2D eigenvalue weighted by atomic mass is 35.5. The highest BCUT2D eigenvalue weighted by Gasteiger charge is 2.06. The van der Waals surface area contributed by atoms with Crippen molar-refractivity contribution in [1.29, 1.82) is 0 Å². The summed E-state index contributed by atoms with van der Waals surface area (Å²) in [5, 5.41) is 4.22. The van der Waals surface area contributed by atoms with E-state index in [-0.39, 0.29) is 0 Å². The zero-order chi connectivity index (χ0) is 20.5. The van der Waals surface area contributed by atoms with Crippen molar-refractivity contribution in [2.75, 3.05) is 20.8 Å². The Balaban J connectivity index is 1.51. The molecule has 0 atom stereocenters. The van der Waals surface area contributed by atoms with Crippen LogP contribution in [0.2, 0.25) is 5.02 Å². The largest absolute Gasteiger partial charge is 0.493 e. The summed E-state index contributed by atoms with van der Waals surface area (Å²) in [6.07, 6.45) is 0.897. The maximum atomic E-state index is 6.02. The smallest absolute Gasteiger partial charge is 0.160 e. The molecule has 0 unspecified atom stereocenters. The lowest BCUT2D eigenvalue weighted by Crippen LogP contribution is -2.17. The average molecular weight is 412 g/mol. The number of hydrogen-bond donors (Lipinski definition) is 1. The minimum atomic E-state index is 0.514. The van der Waals surface area contributed by atoms with E-state index in [9.17, 15) is 0 Å². The lowest BCUT2D eigenvalue weighted by molar-refractivity contribution is 0.302. The van der Waals surface area contributed by atoms with E-state index in [0.717, 1.165) is 52.9 Å². The molecule has 0 aromatic heterocycles. The van der Waals surface area contributed by atoms with Crippen molar-refractivity contribution in [1.82, 2.24) is 5.32 Å². The zero-order valence-corrected chi connectivity index (χ0v) is 17.5. The number of para-hydroxylation sites is 1. The number of benzene rings is 3. The highest BCUT2D eigenvalue weighted by molar-refractivity contribution is 6.30. The van der Waals surface area contributed by atoms with E-state index in [1.807, 2.05) is 54.6 Å². The first-order chi connectivity index (χ1) is 14.2. The standard InChI is InChI=1S/C24H26ClNO3/c1-27-23-12-9-18(15-24(23)28-2)13-14-26-16-20-5-3-4-6-22(20)29-17-19-7-10-21(25)11-8-19/h3-12,15,26H,13-14,16-17H2,1-2H3. The van der Waals surface area contributed by atoms with Gasteiger partial charge in [-0.1, -0.05) is 48.0 Å². The topological polar surface area (TPSA) is 39.7 Å². The van der Waals surface area contributed by atoms with Crippen molar-refractivity contribution in [3.63, 3.8) is 0 Å². The lowest BCUT2D eigenvalue weighted by Gasteiger charge is -2.13. The van der Waals surface area contributed by atoms with Crippen molar-refractivity contribution in [3.8, 4) is 17.2 Å². The van der Waals surface area contributed by atoms with Crippen LogP contribution in [0.3, 0.4) is 0 Å². The van der Waals surface area contributed by atoms with Crippen LogP contribution >= 0.6 is 11.6 Å². The molecule has 1 N–H and O–H groups in total. The van der Waals surface area contributed by atoms with Crippen LogP contribution in [0.15, 0.2) is 66.7 Å². The summed E-state index contributed by atoms with van der Waals surface area (Å²) >= 11 is 5.94. The van der Waals surface area contributed by atoms with E-state index < -0.39 is 0 Å². The van der Waals surface area contributed by atoms with Crippen LogP contribution in [-0.2, 0) is 19.6 Å². The van der Waals surface area contributed by atoms with Gasteiger partial charge in [0.15, 0.2) is 11.5 Å².